The van der Waals surface area contributed by atoms with E-state index in [2.05, 4.69) is 4.98 Å². The van der Waals surface area contributed by atoms with Crippen molar-refractivity contribution in [1.29, 1.82) is 0 Å². The number of carboxylic acid groups (broad SMARTS) is 1. The van der Waals surface area contributed by atoms with Gasteiger partial charge in [-0.15, -0.1) is 0 Å². The van der Waals surface area contributed by atoms with E-state index in [0.29, 0.717) is 28.9 Å². The summed E-state index contributed by atoms with van der Waals surface area (Å²) in [4.78, 5) is 14.0. The maximum atomic E-state index is 11.1. The molecule has 3 N–H and O–H groups in total. The van der Waals surface area contributed by atoms with Crippen LogP contribution < -0.4 is 0 Å². The van der Waals surface area contributed by atoms with Crippen molar-refractivity contribution in [2.24, 2.45) is 0 Å². The predicted molar refractivity (Wildman–Crippen MR) is 65.7 cm³/mol. The molecule has 1 heterocycles. The van der Waals surface area contributed by atoms with Crippen LogP contribution in [-0.4, -0.2) is 27.8 Å². The summed E-state index contributed by atoms with van der Waals surface area (Å²) in [5.41, 5.74) is 1.52. The number of aryl methyl sites for hydroxylation is 1. The Balaban J connectivity index is 2.64. The third-order valence-corrected chi connectivity index (χ3v) is 2.99. The third kappa shape index (κ3) is 2.14. The largest absolute Gasteiger partial charge is 0.477 e. The van der Waals surface area contributed by atoms with E-state index in [9.17, 15) is 4.79 Å². The van der Waals surface area contributed by atoms with E-state index >= 15 is 0 Å². The van der Waals surface area contributed by atoms with Crippen LogP contribution in [0.2, 0.25) is 5.02 Å². The molecular weight excluding hydrogens is 242 g/mol. The minimum absolute atomic E-state index is 0.0240. The Morgan fingerprint density at radius 3 is 2.82 bits per heavy atom. The number of carboxylic acids is 1. The van der Waals surface area contributed by atoms with Gasteiger partial charge in [-0.25, -0.2) is 4.79 Å². The van der Waals surface area contributed by atoms with Crippen LogP contribution >= 0.6 is 11.6 Å². The molecule has 0 aliphatic rings. The normalized spacial score (nSPS) is 10.9. The molecular formula is C12H12ClNO3. The van der Waals surface area contributed by atoms with Crippen molar-refractivity contribution in [2.45, 2.75) is 12.8 Å². The van der Waals surface area contributed by atoms with Gasteiger partial charge in [-0.05, 0) is 30.5 Å². The Morgan fingerprint density at radius 1 is 1.41 bits per heavy atom. The molecule has 0 spiro atoms. The molecule has 0 unspecified atom stereocenters. The van der Waals surface area contributed by atoms with E-state index in [1.807, 2.05) is 0 Å². The van der Waals surface area contributed by atoms with E-state index in [4.69, 9.17) is 21.8 Å². The van der Waals surface area contributed by atoms with Gasteiger partial charge in [0.2, 0.25) is 0 Å². The number of benzene rings is 1. The average Bonchev–Trinajstić information content (AvgIpc) is 2.66. The molecule has 0 bridgehead atoms. The monoisotopic (exact) mass is 253 g/mol. The molecule has 0 saturated carbocycles. The van der Waals surface area contributed by atoms with Crippen molar-refractivity contribution < 1.29 is 15.0 Å². The Bertz CT molecular complexity index is 562. The lowest BCUT2D eigenvalue weighted by Crippen LogP contribution is -2.02. The second-order valence-electron chi connectivity index (χ2n) is 3.77. The number of aromatic amines is 1. The van der Waals surface area contributed by atoms with Crippen molar-refractivity contribution in [3.05, 3.63) is 34.5 Å². The molecule has 0 radical (unpaired) electrons. The maximum absolute atomic E-state index is 11.1. The van der Waals surface area contributed by atoms with Crippen LogP contribution in [0.15, 0.2) is 18.2 Å². The molecule has 2 rings (SSSR count). The number of hydrogen-bond donors (Lipinski definition) is 3. The van der Waals surface area contributed by atoms with Gasteiger partial charge in [0, 0.05) is 17.5 Å². The Hall–Kier alpha value is -1.52. The number of rotatable bonds is 4. The first kappa shape index (κ1) is 12.0. The highest BCUT2D eigenvalue weighted by molar-refractivity contribution is 6.36. The molecule has 1 aromatic heterocycles. The molecule has 5 heteroatoms. The first-order valence-corrected chi connectivity index (χ1v) is 5.66. The number of aromatic carboxylic acids is 1. The van der Waals surface area contributed by atoms with Gasteiger partial charge in [0.25, 0.3) is 0 Å². The van der Waals surface area contributed by atoms with Crippen molar-refractivity contribution in [3.8, 4) is 0 Å². The van der Waals surface area contributed by atoms with Crippen molar-refractivity contribution in [2.75, 3.05) is 6.61 Å². The Kier molecular flexibility index (Phi) is 3.36. The van der Waals surface area contributed by atoms with E-state index in [0.717, 1.165) is 5.39 Å². The third-order valence-electron chi connectivity index (χ3n) is 2.68. The summed E-state index contributed by atoms with van der Waals surface area (Å²) in [6.07, 6.45) is 1.00. The van der Waals surface area contributed by atoms with Gasteiger partial charge in [-0.1, -0.05) is 17.7 Å². The molecule has 0 aliphatic carbocycles. The number of halogens is 1. The van der Waals surface area contributed by atoms with Gasteiger partial charge in [-0.2, -0.15) is 0 Å². The molecule has 0 aliphatic heterocycles. The lowest BCUT2D eigenvalue weighted by Gasteiger charge is -2.01. The molecule has 1 aromatic carbocycles. The zero-order valence-corrected chi connectivity index (χ0v) is 9.79. The quantitative estimate of drug-likeness (QED) is 0.784. The minimum atomic E-state index is -1.01. The number of fused-ring (bicyclic) bond motifs is 1. The summed E-state index contributed by atoms with van der Waals surface area (Å²) in [5.74, 6) is -1.01. The molecule has 90 valence electrons. The van der Waals surface area contributed by atoms with Crippen molar-refractivity contribution in [1.82, 2.24) is 4.98 Å². The number of H-pyrrole nitrogens is 1. The molecule has 0 atom stereocenters. The second-order valence-corrected chi connectivity index (χ2v) is 4.18. The Labute approximate surface area is 103 Å². The lowest BCUT2D eigenvalue weighted by molar-refractivity contribution is 0.0690. The maximum Gasteiger partial charge on any atom is 0.352 e. The summed E-state index contributed by atoms with van der Waals surface area (Å²) in [6.45, 7) is 0.0240. The standard InChI is InChI=1S/C12H12ClNO3/c13-8-4-1-5-9-10(8)7(3-2-6-15)11(14-9)12(16)17/h1,4-5,14-15H,2-3,6H2,(H,16,17). The summed E-state index contributed by atoms with van der Waals surface area (Å²) >= 11 is 6.08. The number of aliphatic hydroxyl groups excluding tert-OH is 1. The van der Waals surface area contributed by atoms with Gasteiger partial charge < -0.3 is 15.2 Å². The molecule has 4 nitrogen and oxygen atoms in total. The fraction of sp³-hybridized carbons (Fsp3) is 0.250. The molecule has 2 aromatic rings. The average molecular weight is 254 g/mol. The first-order chi connectivity index (χ1) is 8.15. The van der Waals surface area contributed by atoms with Crippen LogP contribution in [0.5, 0.6) is 0 Å². The topological polar surface area (TPSA) is 73.3 Å². The van der Waals surface area contributed by atoms with Gasteiger partial charge in [0.05, 0.1) is 5.02 Å². The van der Waals surface area contributed by atoms with Crippen molar-refractivity contribution >= 4 is 28.5 Å². The molecule has 0 fully saturated rings. The highest BCUT2D eigenvalue weighted by atomic mass is 35.5. The highest BCUT2D eigenvalue weighted by Gasteiger charge is 2.18. The minimum Gasteiger partial charge on any atom is -0.477 e. The molecule has 0 amide bonds. The molecule has 17 heavy (non-hydrogen) atoms. The van der Waals surface area contributed by atoms with Crippen molar-refractivity contribution in [3.63, 3.8) is 0 Å². The fourth-order valence-electron chi connectivity index (χ4n) is 1.96. The van der Waals surface area contributed by atoms with Crippen LogP contribution in [0.25, 0.3) is 10.9 Å². The number of aliphatic hydroxyl groups is 1. The zero-order valence-electron chi connectivity index (χ0n) is 9.03. The van der Waals surface area contributed by atoms with Crippen LogP contribution in [0.1, 0.15) is 22.5 Å². The van der Waals surface area contributed by atoms with Crippen LogP contribution in [0.3, 0.4) is 0 Å². The first-order valence-electron chi connectivity index (χ1n) is 5.28. The van der Waals surface area contributed by atoms with Crippen LogP contribution in [-0.2, 0) is 6.42 Å². The lowest BCUT2D eigenvalue weighted by atomic mass is 10.1. The second kappa shape index (κ2) is 4.77. The number of hydrogen-bond acceptors (Lipinski definition) is 2. The van der Waals surface area contributed by atoms with E-state index in [1.165, 1.54) is 0 Å². The summed E-state index contributed by atoms with van der Waals surface area (Å²) in [7, 11) is 0. The smallest absolute Gasteiger partial charge is 0.352 e. The van der Waals surface area contributed by atoms with E-state index in [1.54, 1.807) is 18.2 Å². The zero-order chi connectivity index (χ0) is 12.4. The SMILES string of the molecule is O=C(O)c1[nH]c2cccc(Cl)c2c1CCCO. The number of carbonyl (C=O) groups is 1. The fourth-order valence-corrected chi connectivity index (χ4v) is 2.25. The van der Waals surface area contributed by atoms with Crippen LogP contribution in [0, 0.1) is 0 Å². The van der Waals surface area contributed by atoms with Gasteiger partial charge in [-0.3, -0.25) is 0 Å². The number of aromatic nitrogens is 1. The Morgan fingerprint density at radius 2 is 2.18 bits per heavy atom. The predicted octanol–water partition coefficient (Wildman–Crippen LogP) is 2.44. The van der Waals surface area contributed by atoms with Gasteiger partial charge in [0.15, 0.2) is 0 Å². The van der Waals surface area contributed by atoms with Gasteiger partial charge in [0.1, 0.15) is 5.69 Å². The van der Waals surface area contributed by atoms with E-state index < -0.39 is 5.97 Å². The highest BCUT2D eigenvalue weighted by Crippen LogP contribution is 2.30. The number of nitrogens with one attached hydrogen (secondary N) is 1. The van der Waals surface area contributed by atoms with E-state index in [-0.39, 0.29) is 12.3 Å². The summed E-state index contributed by atoms with van der Waals surface area (Å²) < 4.78 is 0. The molecule has 0 saturated heterocycles. The summed E-state index contributed by atoms with van der Waals surface area (Å²) in [5, 5.41) is 19.2. The van der Waals surface area contributed by atoms with Gasteiger partial charge >= 0.3 is 5.97 Å². The summed E-state index contributed by atoms with van der Waals surface area (Å²) in [6, 6.07) is 5.28. The van der Waals surface area contributed by atoms with Crippen LogP contribution in [0.4, 0.5) is 0 Å².